The number of rotatable bonds is 3. The third kappa shape index (κ3) is 3.64. The molecule has 0 spiro atoms. The van der Waals surface area contributed by atoms with Crippen LogP contribution in [0.1, 0.15) is 18.4 Å². The molecule has 0 bridgehead atoms. The summed E-state index contributed by atoms with van der Waals surface area (Å²) >= 11 is 6.42. The molecular weight excluding hydrogens is 326 g/mol. The highest BCUT2D eigenvalue weighted by molar-refractivity contribution is 6.32. The zero-order chi connectivity index (χ0) is 16.4. The summed E-state index contributed by atoms with van der Waals surface area (Å²) in [5.41, 5.74) is 1.21. The van der Waals surface area contributed by atoms with Crippen LogP contribution in [0, 0.1) is 0 Å². The van der Waals surface area contributed by atoms with Crippen LogP contribution in [-0.2, 0) is 6.54 Å². The smallest absolute Gasteiger partial charge is 0.179 e. The molecule has 1 atom stereocenters. The normalized spacial score (nSPS) is 25.6. The molecule has 132 valence electrons. The maximum absolute atomic E-state index is 6.42. The van der Waals surface area contributed by atoms with Crippen LogP contribution in [0.25, 0.3) is 0 Å². The van der Waals surface area contributed by atoms with E-state index in [1.165, 1.54) is 25.1 Å². The van der Waals surface area contributed by atoms with Gasteiger partial charge in [-0.2, -0.15) is 0 Å². The number of benzene rings is 1. The molecule has 0 aromatic heterocycles. The van der Waals surface area contributed by atoms with E-state index in [4.69, 9.17) is 21.1 Å². The number of fused-ring (bicyclic) bond motifs is 1. The second kappa shape index (κ2) is 7.48. The van der Waals surface area contributed by atoms with Gasteiger partial charge in [0.25, 0.3) is 0 Å². The van der Waals surface area contributed by atoms with Crippen molar-refractivity contribution in [2.24, 2.45) is 0 Å². The topological polar surface area (TPSA) is 37.0 Å². The Hall–Kier alpha value is -1.01. The van der Waals surface area contributed by atoms with Gasteiger partial charge in [0.05, 0.1) is 18.2 Å². The largest absolute Gasteiger partial charge is 0.489 e. The molecule has 24 heavy (non-hydrogen) atoms. The summed E-state index contributed by atoms with van der Waals surface area (Å²) in [7, 11) is 0. The van der Waals surface area contributed by atoms with E-state index in [2.05, 4.69) is 21.2 Å². The summed E-state index contributed by atoms with van der Waals surface area (Å²) < 4.78 is 11.5. The van der Waals surface area contributed by atoms with Crippen molar-refractivity contribution in [1.29, 1.82) is 0 Å². The number of hydrogen-bond donors (Lipinski definition) is 1. The third-order valence-electron chi connectivity index (χ3n) is 5.18. The van der Waals surface area contributed by atoms with Gasteiger partial charge in [0.1, 0.15) is 0 Å². The first kappa shape index (κ1) is 16.5. The van der Waals surface area contributed by atoms with E-state index in [0.29, 0.717) is 30.0 Å². The molecule has 1 N–H and O–H groups in total. The van der Waals surface area contributed by atoms with Crippen LogP contribution in [0.4, 0.5) is 0 Å². The Balaban J connectivity index is 1.40. The molecule has 3 aliphatic heterocycles. The molecule has 1 aromatic rings. The Morgan fingerprint density at radius 1 is 1.12 bits per heavy atom. The lowest BCUT2D eigenvalue weighted by atomic mass is 10.2. The molecule has 6 heteroatoms. The molecule has 0 amide bonds. The number of nitrogens with zero attached hydrogens (tertiary/aromatic N) is 2. The summed E-state index contributed by atoms with van der Waals surface area (Å²) in [6.07, 6.45) is 2.16. The van der Waals surface area contributed by atoms with Crippen LogP contribution in [0.2, 0.25) is 5.02 Å². The molecule has 0 radical (unpaired) electrons. The van der Waals surface area contributed by atoms with Gasteiger partial charge in [-0.3, -0.25) is 9.80 Å². The molecule has 5 nitrogen and oxygen atoms in total. The van der Waals surface area contributed by atoms with Gasteiger partial charge in [-0.05, 0) is 24.1 Å². The van der Waals surface area contributed by atoms with Crippen molar-refractivity contribution in [3.05, 3.63) is 22.7 Å². The van der Waals surface area contributed by atoms with Crippen molar-refractivity contribution in [2.45, 2.75) is 25.4 Å². The van der Waals surface area contributed by atoms with Crippen LogP contribution in [0.3, 0.4) is 0 Å². The molecule has 1 unspecified atom stereocenters. The molecular formula is C18H26ClN3O2. The minimum Gasteiger partial charge on any atom is -0.489 e. The summed E-state index contributed by atoms with van der Waals surface area (Å²) in [6, 6.07) is 4.83. The molecule has 0 aliphatic carbocycles. The highest BCUT2D eigenvalue weighted by Crippen LogP contribution is 2.38. The van der Waals surface area contributed by atoms with Gasteiger partial charge >= 0.3 is 0 Å². The number of hydrogen-bond acceptors (Lipinski definition) is 5. The summed E-state index contributed by atoms with van der Waals surface area (Å²) in [6.45, 7) is 9.18. The van der Waals surface area contributed by atoms with E-state index < -0.39 is 0 Å². The van der Waals surface area contributed by atoms with Crippen LogP contribution >= 0.6 is 11.6 Å². The zero-order valence-electron chi connectivity index (χ0n) is 14.1. The Kier molecular flexibility index (Phi) is 5.13. The van der Waals surface area contributed by atoms with Gasteiger partial charge in [-0.15, -0.1) is 0 Å². The zero-order valence-corrected chi connectivity index (χ0v) is 14.9. The molecule has 3 heterocycles. The third-order valence-corrected chi connectivity index (χ3v) is 5.46. The van der Waals surface area contributed by atoms with Gasteiger partial charge in [0.15, 0.2) is 11.5 Å². The first-order valence-corrected chi connectivity index (χ1v) is 9.42. The van der Waals surface area contributed by atoms with Crippen molar-refractivity contribution >= 4 is 11.6 Å². The first-order valence-electron chi connectivity index (χ1n) is 9.05. The number of ether oxygens (including phenoxy) is 2. The summed E-state index contributed by atoms with van der Waals surface area (Å²) in [5, 5.41) is 4.10. The Labute approximate surface area is 148 Å². The summed E-state index contributed by atoms with van der Waals surface area (Å²) in [5.74, 6) is 1.51. The van der Waals surface area contributed by atoms with Crippen molar-refractivity contribution in [3.63, 3.8) is 0 Å². The van der Waals surface area contributed by atoms with Crippen molar-refractivity contribution in [3.8, 4) is 11.5 Å². The average molecular weight is 352 g/mol. The molecule has 2 saturated heterocycles. The molecule has 1 aromatic carbocycles. The second-order valence-electron chi connectivity index (χ2n) is 6.92. The Morgan fingerprint density at radius 2 is 1.96 bits per heavy atom. The van der Waals surface area contributed by atoms with Crippen molar-refractivity contribution in [1.82, 2.24) is 15.1 Å². The van der Waals surface area contributed by atoms with E-state index in [-0.39, 0.29) is 0 Å². The fraction of sp³-hybridized carbons (Fsp3) is 0.667. The van der Waals surface area contributed by atoms with Gasteiger partial charge in [-0.1, -0.05) is 11.6 Å². The van der Waals surface area contributed by atoms with Gasteiger partial charge in [0.2, 0.25) is 0 Å². The van der Waals surface area contributed by atoms with Crippen molar-refractivity contribution in [2.75, 3.05) is 52.5 Å². The van der Waals surface area contributed by atoms with Crippen molar-refractivity contribution < 1.29 is 9.47 Å². The van der Waals surface area contributed by atoms with Crippen LogP contribution < -0.4 is 14.8 Å². The molecule has 4 rings (SSSR count). The predicted molar refractivity (Wildman–Crippen MR) is 95.2 cm³/mol. The van der Waals surface area contributed by atoms with Crippen LogP contribution in [0.5, 0.6) is 11.5 Å². The number of likely N-dealkylation sites (tertiary alicyclic amines) is 1. The summed E-state index contributed by atoms with van der Waals surface area (Å²) in [4.78, 5) is 5.17. The predicted octanol–water partition coefficient (Wildman–Crippen LogP) is 1.98. The Morgan fingerprint density at radius 3 is 2.83 bits per heavy atom. The van der Waals surface area contributed by atoms with E-state index in [9.17, 15) is 0 Å². The molecule has 2 fully saturated rings. The fourth-order valence-electron chi connectivity index (χ4n) is 3.93. The maximum atomic E-state index is 6.42. The number of halogens is 1. The highest BCUT2D eigenvalue weighted by Gasteiger charge is 2.28. The molecule has 0 saturated carbocycles. The lowest BCUT2D eigenvalue weighted by molar-refractivity contribution is 0.170. The first-order chi connectivity index (χ1) is 11.8. The fourth-order valence-corrected chi connectivity index (χ4v) is 4.22. The standard InChI is InChI=1S/C18H26ClN3O2/c19-16-10-14(11-17-18(16)24-9-1-8-23-17)12-21-5-2-15(13-21)22-6-3-20-4-7-22/h10-11,15,20H,1-9,12-13H2. The van der Waals surface area contributed by atoms with Gasteiger partial charge in [0, 0.05) is 58.3 Å². The lowest BCUT2D eigenvalue weighted by Crippen LogP contribution is -2.49. The highest BCUT2D eigenvalue weighted by atomic mass is 35.5. The van der Waals surface area contributed by atoms with Gasteiger partial charge < -0.3 is 14.8 Å². The van der Waals surface area contributed by atoms with E-state index in [0.717, 1.165) is 44.9 Å². The van der Waals surface area contributed by atoms with E-state index in [1.807, 2.05) is 6.07 Å². The second-order valence-corrected chi connectivity index (χ2v) is 7.33. The lowest BCUT2D eigenvalue weighted by Gasteiger charge is -2.32. The van der Waals surface area contributed by atoms with Crippen LogP contribution in [-0.4, -0.2) is 68.3 Å². The van der Waals surface area contributed by atoms with Crippen LogP contribution in [0.15, 0.2) is 12.1 Å². The number of nitrogens with one attached hydrogen (secondary N) is 1. The quantitative estimate of drug-likeness (QED) is 0.901. The van der Waals surface area contributed by atoms with E-state index >= 15 is 0 Å². The monoisotopic (exact) mass is 351 g/mol. The Bertz CT molecular complexity index is 578. The number of piperazine rings is 1. The average Bonchev–Trinajstić information content (AvgIpc) is 2.92. The minimum absolute atomic E-state index is 0.669. The SMILES string of the molecule is Clc1cc(CN2CCC(N3CCNCC3)C2)cc2c1OCCCO2. The van der Waals surface area contributed by atoms with E-state index in [1.54, 1.807) is 0 Å². The minimum atomic E-state index is 0.669. The molecule has 3 aliphatic rings. The van der Waals surface area contributed by atoms with Gasteiger partial charge in [-0.25, -0.2) is 0 Å². The maximum Gasteiger partial charge on any atom is 0.179 e.